The fourth-order valence-electron chi connectivity index (χ4n) is 1.14. The van der Waals surface area contributed by atoms with Crippen LogP contribution in [0.5, 0.6) is 0 Å². The Labute approximate surface area is 76.5 Å². The second-order valence-electron chi connectivity index (χ2n) is 4.26. The van der Waals surface area contributed by atoms with Crippen LogP contribution in [-0.2, 0) is 0 Å². The molecule has 0 fully saturated rings. The van der Waals surface area contributed by atoms with E-state index in [1.54, 1.807) is 0 Å². The third-order valence-electron chi connectivity index (χ3n) is 2.15. The van der Waals surface area contributed by atoms with Crippen LogP contribution in [0.1, 0.15) is 46.5 Å². The monoisotopic (exact) mass is 170 g/mol. The quantitative estimate of drug-likeness (QED) is 0.607. The van der Waals surface area contributed by atoms with Crippen molar-refractivity contribution < 1.29 is 5.11 Å². The van der Waals surface area contributed by atoms with Gasteiger partial charge in [0.1, 0.15) is 0 Å². The Kier molecular flexibility index (Phi) is 5.23. The Morgan fingerprint density at radius 3 is 2.42 bits per heavy atom. The van der Waals surface area contributed by atoms with Crippen molar-refractivity contribution in [2.75, 3.05) is 0 Å². The number of allylic oxidation sites excluding steroid dienone is 1. The summed E-state index contributed by atoms with van der Waals surface area (Å²) >= 11 is 0. The molecule has 0 aliphatic rings. The minimum Gasteiger partial charge on any atom is -0.390 e. The second kappa shape index (κ2) is 5.36. The van der Waals surface area contributed by atoms with Crippen molar-refractivity contribution >= 4 is 0 Å². The Morgan fingerprint density at radius 2 is 2.00 bits per heavy atom. The standard InChI is InChI=1S/C11H22O/c1-5-6-8-11(4,12)9-7-10(2)3/h5,10,12H,1,6-9H2,2-4H3. The van der Waals surface area contributed by atoms with Crippen LogP contribution in [0.2, 0.25) is 0 Å². The zero-order valence-electron chi connectivity index (χ0n) is 8.64. The average Bonchev–Trinajstić information content (AvgIpc) is 1.98. The molecule has 0 rings (SSSR count). The lowest BCUT2D eigenvalue weighted by molar-refractivity contribution is 0.0377. The third-order valence-corrected chi connectivity index (χ3v) is 2.15. The molecule has 0 spiro atoms. The van der Waals surface area contributed by atoms with E-state index in [-0.39, 0.29) is 0 Å². The van der Waals surface area contributed by atoms with Gasteiger partial charge in [0.25, 0.3) is 0 Å². The van der Waals surface area contributed by atoms with Crippen LogP contribution < -0.4 is 0 Å². The minimum absolute atomic E-state index is 0.488. The summed E-state index contributed by atoms with van der Waals surface area (Å²) in [4.78, 5) is 0. The Bertz CT molecular complexity index is 125. The normalized spacial score (nSPS) is 16.1. The highest BCUT2D eigenvalue weighted by atomic mass is 16.3. The van der Waals surface area contributed by atoms with Crippen molar-refractivity contribution in [1.29, 1.82) is 0 Å². The largest absolute Gasteiger partial charge is 0.390 e. The summed E-state index contributed by atoms with van der Waals surface area (Å²) in [7, 11) is 0. The summed E-state index contributed by atoms with van der Waals surface area (Å²) in [6.45, 7) is 9.93. The van der Waals surface area contributed by atoms with E-state index in [1.165, 1.54) is 0 Å². The first-order valence-electron chi connectivity index (χ1n) is 4.81. The summed E-state index contributed by atoms with van der Waals surface area (Å²) in [5, 5.41) is 9.85. The second-order valence-corrected chi connectivity index (χ2v) is 4.26. The SMILES string of the molecule is C=CCCC(C)(O)CCC(C)C. The lowest BCUT2D eigenvalue weighted by Gasteiger charge is -2.23. The molecule has 0 aliphatic carbocycles. The van der Waals surface area contributed by atoms with Crippen LogP contribution in [0.3, 0.4) is 0 Å². The van der Waals surface area contributed by atoms with E-state index >= 15 is 0 Å². The highest BCUT2D eigenvalue weighted by Crippen LogP contribution is 2.21. The van der Waals surface area contributed by atoms with Gasteiger partial charge < -0.3 is 5.11 Å². The van der Waals surface area contributed by atoms with Gasteiger partial charge in [-0.25, -0.2) is 0 Å². The molecule has 0 bridgehead atoms. The number of aliphatic hydroxyl groups is 1. The highest BCUT2D eigenvalue weighted by Gasteiger charge is 2.18. The molecule has 1 N–H and O–H groups in total. The summed E-state index contributed by atoms with van der Waals surface area (Å²) in [5.41, 5.74) is -0.488. The topological polar surface area (TPSA) is 20.2 Å². The van der Waals surface area contributed by atoms with Gasteiger partial charge >= 0.3 is 0 Å². The van der Waals surface area contributed by atoms with Crippen LogP contribution in [0, 0.1) is 5.92 Å². The molecule has 1 atom stereocenters. The molecule has 0 aromatic heterocycles. The van der Waals surface area contributed by atoms with E-state index in [9.17, 15) is 5.11 Å². The maximum Gasteiger partial charge on any atom is 0.0622 e. The van der Waals surface area contributed by atoms with E-state index in [2.05, 4.69) is 20.4 Å². The van der Waals surface area contributed by atoms with Crippen LogP contribution in [-0.4, -0.2) is 10.7 Å². The van der Waals surface area contributed by atoms with Gasteiger partial charge in [-0.05, 0) is 38.5 Å². The van der Waals surface area contributed by atoms with Gasteiger partial charge in [-0.2, -0.15) is 0 Å². The molecule has 1 nitrogen and oxygen atoms in total. The molecule has 0 saturated carbocycles. The molecule has 1 heteroatoms. The fraction of sp³-hybridized carbons (Fsp3) is 0.818. The molecule has 0 heterocycles. The molecular weight excluding hydrogens is 148 g/mol. The molecule has 0 radical (unpaired) electrons. The highest BCUT2D eigenvalue weighted by molar-refractivity contribution is 4.78. The molecular formula is C11H22O. The van der Waals surface area contributed by atoms with Gasteiger partial charge in [0.15, 0.2) is 0 Å². The van der Waals surface area contributed by atoms with Crippen LogP contribution >= 0.6 is 0 Å². The van der Waals surface area contributed by atoms with Crippen molar-refractivity contribution in [3.8, 4) is 0 Å². The van der Waals surface area contributed by atoms with Gasteiger partial charge in [-0.3, -0.25) is 0 Å². The van der Waals surface area contributed by atoms with E-state index < -0.39 is 5.60 Å². The maximum absolute atomic E-state index is 9.85. The van der Waals surface area contributed by atoms with Gasteiger partial charge in [-0.15, -0.1) is 6.58 Å². The summed E-state index contributed by atoms with van der Waals surface area (Å²) < 4.78 is 0. The maximum atomic E-state index is 9.85. The van der Waals surface area contributed by atoms with Crippen molar-refractivity contribution in [1.82, 2.24) is 0 Å². The van der Waals surface area contributed by atoms with Gasteiger partial charge in [0.05, 0.1) is 5.60 Å². The molecule has 1 unspecified atom stereocenters. The number of rotatable bonds is 6. The van der Waals surface area contributed by atoms with E-state index in [0.29, 0.717) is 5.92 Å². The van der Waals surface area contributed by atoms with E-state index in [1.807, 2.05) is 13.0 Å². The molecule has 0 aliphatic heterocycles. The molecule has 72 valence electrons. The summed E-state index contributed by atoms with van der Waals surface area (Å²) in [6.07, 6.45) is 5.61. The number of hydrogen-bond acceptors (Lipinski definition) is 1. The van der Waals surface area contributed by atoms with Crippen LogP contribution in [0.15, 0.2) is 12.7 Å². The lowest BCUT2D eigenvalue weighted by atomic mass is 9.91. The summed E-state index contributed by atoms with van der Waals surface area (Å²) in [6, 6.07) is 0. The zero-order chi connectivity index (χ0) is 9.61. The van der Waals surface area contributed by atoms with Crippen molar-refractivity contribution in [3.63, 3.8) is 0 Å². The predicted octanol–water partition coefficient (Wildman–Crippen LogP) is 3.14. The number of hydrogen-bond donors (Lipinski definition) is 1. The Hall–Kier alpha value is -0.300. The fourth-order valence-corrected chi connectivity index (χ4v) is 1.14. The smallest absolute Gasteiger partial charge is 0.0622 e. The van der Waals surface area contributed by atoms with Crippen LogP contribution in [0.4, 0.5) is 0 Å². The van der Waals surface area contributed by atoms with Gasteiger partial charge in [0.2, 0.25) is 0 Å². The van der Waals surface area contributed by atoms with Gasteiger partial charge in [-0.1, -0.05) is 19.9 Å². The van der Waals surface area contributed by atoms with Crippen LogP contribution in [0.25, 0.3) is 0 Å². The molecule has 0 saturated heterocycles. The molecule has 0 amide bonds. The Morgan fingerprint density at radius 1 is 1.42 bits per heavy atom. The van der Waals surface area contributed by atoms with E-state index in [0.717, 1.165) is 25.7 Å². The Balaban J connectivity index is 3.62. The first kappa shape index (κ1) is 11.7. The van der Waals surface area contributed by atoms with E-state index in [4.69, 9.17) is 0 Å². The first-order chi connectivity index (χ1) is 5.48. The first-order valence-corrected chi connectivity index (χ1v) is 4.81. The zero-order valence-corrected chi connectivity index (χ0v) is 8.64. The van der Waals surface area contributed by atoms with Crippen molar-refractivity contribution in [2.45, 2.75) is 52.1 Å². The average molecular weight is 170 g/mol. The minimum atomic E-state index is -0.488. The van der Waals surface area contributed by atoms with Gasteiger partial charge in [0, 0.05) is 0 Å². The molecule has 0 aromatic rings. The van der Waals surface area contributed by atoms with Crippen molar-refractivity contribution in [3.05, 3.63) is 12.7 Å². The molecule has 0 aromatic carbocycles. The third kappa shape index (κ3) is 6.41. The predicted molar refractivity (Wildman–Crippen MR) is 54.1 cm³/mol. The summed E-state index contributed by atoms with van der Waals surface area (Å²) in [5.74, 6) is 0.681. The molecule has 12 heavy (non-hydrogen) atoms. The lowest BCUT2D eigenvalue weighted by Crippen LogP contribution is -2.24. The van der Waals surface area contributed by atoms with Crippen molar-refractivity contribution in [2.24, 2.45) is 5.92 Å².